The summed E-state index contributed by atoms with van der Waals surface area (Å²) in [5.41, 5.74) is 1.66. The van der Waals surface area contributed by atoms with Gasteiger partial charge in [0.15, 0.2) is 6.29 Å². The van der Waals surface area contributed by atoms with Gasteiger partial charge in [-0.15, -0.1) is 0 Å². The molecule has 15 heteroatoms. The molecule has 0 radical (unpaired) electrons. The molecule has 2 aromatic rings. The number of benzene rings is 2. The van der Waals surface area contributed by atoms with Gasteiger partial charge in [0.2, 0.25) is 0 Å². The Morgan fingerprint density at radius 1 is 0.625 bits per heavy atom. The van der Waals surface area contributed by atoms with Gasteiger partial charge in [-0.1, -0.05) is 132 Å². The van der Waals surface area contributed by atoms with Gasteiger partial charge in [0.25, 0.3) is 20.2 Å². The number of aliphatic hydroxyl groups is 3. The number of ether oxygens (including phenoxy) is 3. The molecule has 56 heavy (non-hydrogen) atoms. The minimum atomic E-state index is -4.29. The summed E-state index contributed by atoms with van der Waals surface area (Å²) in [6.45, 7) is 3.91. The van der Waals surface area contributed by atoms with Crippen LogP contribution in [0.4, 0.5) is 0 Å². The molecule has 2 aromatic carbocycles. The van der Waals surface area contributed by atoms with Crippen molar-refractivity contribution in [2.24, 2.45) is 0 Å². The molecule has 1 saturated heterocycles. The molecule has 0 aromatic heterocycles. The number of unbranched alkanes of at least 4 members (excludes halogenated alkanes) is 14. The number of rotatable bonds is 28. The average Bonchev–Trinajstić information content (AvgIpc) is 3.17. The van der Waals surface area contributed by atoms with Crippen molar-refractivity contribution in [2.45, 2.75) is 170 Å². The Labute approximate surface area is 334 Å². The van der Waals surface area contributed by atoms with Crippen molar-refractivity contribution in [3.05, 3.63) is 59.7 Å². The van der Waals surface area contributed by atoms with Crippen LogP contribution in [0.5, 0.6) is 0 Å². The fourth-order valence-corrected chi connectivity index (χ4v) is 8.10. The number of hydrogen-bond acceptors (Lipinski definition) is 13. The van der Waals surface area contributed by atoms with Gasteiger partial charge in [0, 0.05) is 6.42 Å². The maximum atomic E-state index is 13.0. The minimum Gasteiger partial charge on any atom is -0.463 e. The number of esters is 1. The topological polar surface area (TPSA) is 192 Å². The molecule has 3 N–H and O–H groups in total. The van der Waals surface area contributed by atoms with Crippen molar-refractivity contribution in [3.63, 3.8) is 0 Å². The third-order valence-corrected chi connectivity index (χ3v) is 12.4. The van der Waals surface area contributed by atoms with Crippen molar-refractivity contribution in [2.75, 3.05) is 19.8 Å². The van der Waals surface area contributed by atoms with Crippen LogP contribution in [0.1, 0.15) is 121 Å². The van der Waals surface area contributed by atoms with E-state index in [2.05, 4.69) is 6.92 Å². The summed E-state index contributed by atoms with van der Waals surface area (Å²) in [6.07, 6.45) is 7.88. The molecule has 1 aliphatic rings. The van der Waals surface area contributed by atoms with Gasteiger partial charge in [-0.05, 0) is 44.5 Å². The molecule has 0 spiro atoms. The summed E-state index contributed by atoms with van der Waals surface area (Å²) in [5.74, 6) is -0.539. The third kappa shape index (κ3) is 17.2. The normalized spacial score (nSPS) is 20.9. The molecule has 0 unspecified atom stereocenters. The van der Waals surface area contributed by atoms with E-state index in [1.54, 1.807) is 38.1 Å². The van der Waals surface area contributed by atoms with Gasteiger partial charge >= 0.3 is 5.97 Å². The zero-order chi connectivity index (χ0) is 41.0. The van der Waals surface area contributed by atoms with Crippen molar-refractivity contribution < 1.29 is 59.5 Å². The monoisotopic (exact) mass is 828 g/mol. The highest BCUT2D eigenvalue weighted by atomic mass is 32.2. The zero-order valence-corrected chi connectivity index (χ0v) is 34.9. The van der Waals surface area contributed by atoms with Crippen LogP contribution in [0.25, 0.3) is 0 Å². The smallest absolute Gasteiger partial charge is 0.305 e. The van der Waals surface area contributed by atoms with Gasteiger partial charge in [-0.25, -0.2) is 0 Å². The van der Waals surface area contributed by atoms with Gasteiger partial charge in [0.1, 0.15) is 37.1 Å². The summed E-state index contributed by atoms with van der Waals surface area (Å²) in [6, 6.07) is 11.8. The Morgan fingerprint density at radius 3 is 1.55 bits per heavy atom. The number of hydrogen-bond donors (Lipinski definition) is 3. The van der Waals surface area contributed by atoms with E-state index < -0.39 is 82.8 Å². The van der Waals surface area contributed by atoms with E-state index in [0.717, 1.165) is 30.4 Å². The number of aryl methyl sites for hydroxylation is 2. The quantitative estimate of drug-likeness (QED) is 0.0485. The molecule has 0 amide bonds. The third-order valence-electron chi connectivity index (χ3n) is 9.83. The lowest BCUT2D eigenvalue weighted by atomic mass is 9.99. The van der Waals surface area contributed by atoms with Crippen LogP contribution in [0.15, 0.2) is 58.3 Å². The Kier molecular flexibility index (Phi) is 21.5. The summed E-state index contributed by atoms with van der Waals surface area (Å²) in [5, 5.41) is 31.9. The lowest BCUT2D eigenvalue weighted by molar-refractivity contribution is -0.313. The first-order chi connectivity index (χ1) is 26.7. The molecular weight excluding hydrogens is 765 g/mol. The molecule has 6 atom stereocenters. The highest BCUT2D eigenvalue weighted by Crippen LogP contribution is 2.26. The molecule has 0 bridgehead atoms. The molecule has 1 aliphatic heterocycles. The largest absolute Gasteiger partial charge is 0.463 e. The molecule has 13 nitrogen and oxygen atoms in total. The predicted octanol–water partition coefficient (Wildman–Crippen LogP) is 6.41. The Bertz CT molecular complexity index is 1620. The van der Waals surface area contributed by atoms with E-state index in [4.69, 9.17) is 22.6 Å². The lowest BCUT2D eigenvalue weighted by Crippen LogP contribution is -2.60. The number of carbonyl (C=O) groups is 1. The first-order valence-electron chi connectivity index (χ1n) is 20.2. The van der Waals surface area contributed by atoms with Gasteiger partial charge in [-0.3, -0.25) is 13.2 Å². The summed E-state index contributed by atoms with van der Waals surface area (Å²) in [7, 11) is -8.57. The summed E-state index contributed by atoms with van der Waals surface area (Å²) >= 11 is 0. The second-order valence-electron chi connectivity index (χ2n) is 14.8. The lowest BCUT2D eigenvalue weighted by Gasteiger charge is -2.41. The zero-order valence-electron chi connectivity index (χ0n) is 33.3. The first-order valence-corrected chi connectivity index (χ1v) is 23.0. The highest BCUT2D eigenvalue weighted by molar-refractivity contribution is 7.87. The highest BCUT2D eigenvalue weighted by Gasteiger charge is 2.46. The van der Waals surface area contributed by atoms with Crippen molar-refractivity contribution in [3.8, 4) is 0 Å². The summed E-state index contributed by atoms with van der Waals surface area (Å²) in [4.78, 5) is 12.4. The average molecular weight is 829 g/mol. The Hall–Kier alpha value is -2.47. The van der Waals surface area contributed by atoms with Crippen molar-refractivity contribution >= 4 is 26.2 Å². The van der Waals surface area contributed by atoms with Crippen molar-refractivity contribution in [1.82, 2.24) is 0 Å². The van der Waals surface area contributed by atoms with Crippen LogP contribution in [0.2, 0.25) is 0 Å². The van der Waals surface area contributed by atoms with Crippen LogP contribution in [0.3, 0.4) is 0 Å². The van der Waals surface area contributed by atoms with E-state index in [0.29, 0.717) is 6.42 Å². The van der Waals surface area contributed by atoms with Crippen LogP contribution < -0.4 is 0 Å². The molecule has 3 rings (SSSR count). The fraction of sp³-hybridized carbons (Fsp3) is 0.683. The van der Waals surface area contributed by atoms with E-state index in [9.17, 15) is 36.9 Å². The number of aliphatic hydroxyl groups excluding tert-OH is 3. The molecule has 1 heterocycles. The summed E-state index contributed by atoms with van der Waals surface area (Å²) < 4.78 is 78.6. The molecule has 1 fully saturated rings. The maximum Gasteiger partial charge on any atom is 0.305 e. The van der Waals surface area contributed by atoms with Gasteiger partial charge in [-0.2, -0.15) is 16.8 Å². The number of carbonyl (C=O) groups excluding carboxylic acids is 1. The second kappa shape index (κ2) is 25.1. The molecular formula is C41H64O13S2. The Morgan fingerprint density at radius 2 is 1.07 bits per heavy atom. The van der Waals surface area contributed by atoms with E-state index in [1.165, 1.54) is 94.9 Å². The van der Waals surface area contributed by atoms with Crippen LogP contribution in [-0.2, 0) is 47.6 Å². The van der Waals surface area contributed by atoms with Gasteiger partial charge in [0.05, 0.1) is 23.0 Å². The van der Waals surface area contributed by atoms with E-state index in [-0.39, 0.29) is 16.2 Å². The van der Waals surface area contributed by atoms with E-state index in [1.807, 2.05) is 0 Å². The maximum absolute atomic E-state index is 13.0. The first kappa shape index (κ1) is 47.9. The van der Waals surface area contributed by atoms with Crippen molar-refractivity contribution in [1.29, 1.82) is 0 Å². The molecule has 318 valence electrons. The SMILES string of the molecule is CCCCCCCCCCCCCCCCCC(=O)OC[C@H](COS(=O)(=O)c1ccc(C)cc1)O[C@@H]1O[C@H](COS(=O)(=O)c2ccc(C)cc2)[C@@H](O)[C@H](O)[C@H]1O. The van der Waals surface area contributed by atoms with Gasteiger partial charge < -0.3 is 29.5 Å². The molecule has 0 aliphatic carbocycles. The predicted molar refractivity (Wildman–Crippen MR) is 211 cm³/mol. The standard InChI is InChI=1S/C41H64O13S2/c1-4-5-6-7-8-9-10-11-12-13-14-15-16-17-18-19-37(42)50-28-33(29-51-55(46,47)34-24-20-31(2)21-25-34)53-41-40(45)39(44)38(43)36(54-41)30-52-56(48,49)35-26-22-32(3)23-27-35/h20-27,33,36,38-41,43-45H,4-19,28-30H2,1-3H3/t33-,36-,38-,39+,40-,41-/m1/s1. The van der Waals surface area contributed by atoms with E-state index >= 15 is 0 Å². The molecule has 0 saturated carbocycles. The Balaban J connectivity index is 1.50. The van der Waals surface area contributed by atoms with Crippen LogP contribution in [0, 0.1) is 13.8 Å². The minimum absolute atomic E-state index is 0.119. The van der Waals surface area contributed by atoms with Crippen LogP contribution >= 0.6 is 0 Å². The second-order valence-corrected chi connectivity index (χ2v) is 18.0. The fourth-order valence-electron chi connectivity index (χ4n) is 6.25. The van der Waals surface area contributed by atoms with Crippen LogP contribution in [-0.4, -0.2) is 94.8 Å².